The molecule has 0 unspecified atom stereocenters. The van der Waals surface area contributed by atoms with Crippen LogP contribution in [0.25, 0.3) is 22.0 Å². The van der Waals surface area contributed by atoms with Crippen molar-refractivity contribution in [2.75, 3.05) is 51.7 Å². The number of aromatic amines is 1. The highest BCUT2D eigenvalue weighted by Crippen LogP contribution is 2.35. The minimum Gasteiger partial charge on any atom is -0.492 e. The number of benzene rings is 2. The van der Waals surface area contributed by atoms with Gasteiger partial charge in [0.15, 0.2) is 0 Å². The number of nitriles is 1. The van der Waals surface area contributed by atoms with Crippen LogP contribution in [0, 0.1) is 11.3 Å². The van der Waals surface area contributed by atoms with Gasteiger partial charge in [-0.15, -0.1) is 0 Å². The zero-order chi connectivity index (χ0) is 23.3. The van der Waals surface area contributed by atoms with E-state index in [1.165, 1.54) is 0 Å². The van der Waals surface area contributed by atoms with Crippen LogP contribution in [0.2, 0.25) is 0 Å². The lowest BCUT2D eigenvalue weighted by atomic mass is 10.0. The first-order valence-corrected chi connectivity index (χ1v) is 11.6. The third-order valence-corrected chi connectivity index (χ3v) is 6.34. The molecule has 2 aromatic heterocycles. The molecule has 4 aromatic rings. The Bertz CT molecular complexity index is 1320. The van der Waals surface area contributed by atoms with Crippen molar-refractivity contribution in [1.29, 1.82) is 5.26 Å². The molecule has 1 fully saturated rings. The van der Waals surface area contributed by atoms with E-state index in [0.29, 0.717) is 12.2 Å². The molecular formula is C27H28N6O. The van der Waals surface area contributed by atoms with E-state index in [4.69, 9.17) is 4.74 Å². The van der Waals surface area contributed by atoms with Gasteiger partial charge in [0, 0.05) is 73.5 Å². The zero-order valence-corrected chi connectivity index (χ0v) is 19.3. The van der Waals surface area contributed by atoms with Crippen LogP contribution in [-0.2, 0) is 0 Å². The van der Waals surface area contributed by atoms with E-state index in [-0.39, 0.29) is 0 Å². The van der Waals surface area contributed by atoms with Crippen LogP contribution in [0.4, 0.5) is 11.4 Å². The van der Waals surface area contributed by atoms with Crippen molar-refractivity contribution in [3.05, 3.63) is 72.7 Å². The van der Waals surface area contributed by atoms with Gasteiger partial charge in [-0.2, -0.15) is 5.26 Å². The molecule has 1 aliphatic heterocycles. The Hall–Kier alpha value is -3.86. The number of fused-ring (bicyclic) bond motifs is 1. The summed E-state index contributed by atoms with van der Waals surface area (Å²) in [6.45, 7) is 5.92. The predicted molar refractivity (Wildman–Crippen MR) is 135 cm³/mol. The fourth-order valence-electron chi connectivity index (χ4n) is 4.35. The van der Waals surface area contributed by atoms with Gasteiger partial charge in [0.05, 0.1) is 11.3 Å². The largest absolute Gasteiger partial charge is 0.492 e. The maximum Gasteiger partial charge on any atom is 0.119 e. The van der Waals surface area contributed by atoms with E-state index in [9.17, 15) is 5.26 Å². The average molecular weight is 453 g/mol. The van der Waals surface area contributed by atoms with Gasteiger partial charge in [-0.05, 0) is 42.9 Å². The number of anilines is 2. The van der Waals surface area contributed by atoms with Crippen LogP contribution in [0.5, 0.6) is 5.75 Å². The van der Waals surface area contributed by atoms with Crippen LogP contribution in [0.3, 0.4) is 0 Å². The molecule has 2 N–H and O–H groups in total. The molecule has 0 bridgehead atoms. The molecule has 1 saturated heterocycles. The molecule has 34 heavy (non-hydrogen) atoms. The third kappa shape index (κ3) is 4.74. The summed E-state index contributed by atoms with van der Waals surface area (Å²) in [5.74, 6) is 0.813. The summed E-state index contributed by atoms with van der Waals surface area (Å²) in [6, 6.07) is 18.3. The SMILES string of the molecule is CN1CCN(CCOc2cccc(-c3cncc(C#N)c3Nc3cccc4[nH]ccc34)c2)CC1. The second-order valence-electron chi connectivity index (χ2n) is 8.61. The number of aromatic nitrogens is 2. The standard InChI is InChI=1S/C27H28N6O/c1-32-10-12-33(13-11-32)14-15-34-22-5-2-4-20(16-22)24-19-29-18-21(17-28)27(24)31-26-7-3-6-25-23(26)8-9-30-25/h2-9,16,18-19,30H,10-15H2,1H3,(H,29,31). The summed E-state index contributed by atoms with van der Waals surface area (Å²) in [4.78, 5) is 12.4. The van der Waals surface area contributed by atoms with Crippen molar-refractivity contribution in [3.8, 4) is 22.9 Å². The minimum absolute atomic E-state index is 0.492. The number of H-pyrrole nitrogens is 1. The van der Waals surface area contributed by atoms with Gasteiger partial charge in [-0.3, -0.25) is 9.88 Å². The fraction of sp³-hybridized carbons (Fsp3) is 0.259. The van der Waals surface area contributed by atoms with E-state index in [0.717, 1.165) is 71.9 Å². The second kappa shape index (κ2) is 9.96. The van der Waals surface area contributed by atoms with Crippen molar-refractivity contribution < 1.29 is 4.74 Å². The number of piperazine rings is 1. The van der Waals surface area contributed by atoms with Crippen molar-refractivity contribution in [3.63, 3.8) is 0 Å². The molecule has 1 aliphatic rings. The van der Waals surface area contributed by atoms with Crippen molar-refractivity contribution in [2.24, 2.45) is 0 Å². The molecule has 5 rings (SSSR count). The maximum absolute atomic E-state index is 9.78. The quantitative estimate of drug-likeness (QED) is 0.431. The smallest absolute Gasteiger partial charge is 0.119 e. The van der Waals surface area contributed by atoms with E-state index in [1.54, 1.807) is 12.4 Å². The Balaban J connectivity index is 1.37. The number of likely N-dealkylation sites (N-methyl/N-ethyl adjacent to an activating group) is 1. The number of ether oxygens (including phenoxy) is 1. The number of hydrogen-bond acceptors (Lipinski definition) is 6. The summed E-state index contributed by atoms with van der Waals surface area (Å²) in [7, 11) is 2.16. The van der Waals surface area contributed by atoms with Gasteiger partial charge in [0.1, 0.15) is 18.4 Å². The highest BCUT2D eigenvalue weighted by Gasteiger charge is 2.15. The van der Waals surface area contributed by atoms with Crippen molar-refractivity contribution in [1.82, 2.24) is 19.8 Å². The third-order valence-electron chi connectivity index (χ3n) is 6.34. The lowest BCUT2D eigenvalue weighted by Crippen LogP contribution is -2.45. The lowest BCUT2D eigenvalue weighted by molar-refractivity contribution is 0.134. The molecule has 7 heteroatoms. The van der Waals surface area contributed by atoms with Crippen molar-refractivity contribution in [2.45, 2.75) is 0 Å². The monoisotopic (exact) mass is 452 g/mol. The predicted octanol–water partition coefficient (Wildman–Crippen LogP) is 4.47. The van der Waals surface area contributed by atoms with Gasteiger partial charge >= 0.3 is 0 Å². The molecule has 7 nitrogen and oxygen atoms in total. The van der Waals surface area contributed by atoms with Crippen LogP contribution in [-0.4, -0.2) is 66.1 Å². The highest BCUT2D eigenvalue weighted by atomic mass is 16.5. The Morgan fingerprint density at radius 2 is 1.94 bits per heavy atom. The highest BCUT2D eigenvalue weighted by molar-refractivity contribution is 5.96. The first kappa shape index (κ1) is 22.0. The van der Waals surface area contributed by atoms with Crippen LogP contribution in [0.1, 0.15) is 5.56 Å². The molecule has 2 aromatic carbocycles. The summed E-state index contributed by atoms with van der Waals surface area (Å²) < 4.78 is 6.09. The number of hydrogen-bond donors (Lipinski definition) is 2. The molecular weight excluding hydrogens is 424 g/mol. The van der Waals surface area contributed by atoms with Crippen LogP contribution in [0.15, 0.2) is 67.1 Å². The number of pyridine rings is 1. The normalized spacial score (nSPS) is 14.7. The minimum atomic E-state index is 0.492. The van der Waals surface area contributed by atoms with Gasteiger partial charge in [-0.25, -0.2) is 0 Å². The van der Waals surface area contributed by atoms with Gasteiger partial charge < -0.3 is 19.9 Å². The lowest BCUT2D eigenvalue weighted by Gasteiger charge is -2.32. The summed E-state index contributed by atoms with van der Waals surface area (Å²) in [5, 5.41) is 14.3. The Labute approximate surface area is 199 Å². The summed E-state index contributed by atoms with van der Waals surface area (Å²) in [5.41, 5.74) is 5.01. The molecule has 0 atom stereocenters. The fourth-order valence-corrected chi connectivity index (χ4v) is 4.35. The van der Waals surface area contributed by atoms with Gasteiger partial charge in [0.2, 0.25) is 0 Å². The van der Waals surface area contributed by atoms with Gasteiger partial charge in [0.25, 0.3) is 0 Å². The Morgan fingerprint density at radius 1 is 1.09 bits per heavy atom. The molecule has 0 radical (unpaired) electrons. The first-order chi connectivity index (χ1) is 16.7. The Kier molecular flexibility index (Phi) is 6.43. The molecule has 0 amide bonds. The second-order valence-corrected chi connectivity index (χ2v) is 8.61. The zero-order valence-electron chi connectivity index (χ0n) is 19.3. The maximum atomic E-state index is 9.78. The summed E-state index contributed by atoms with van der Waals surface area (Å²) in [6.07, 6.45) is 5.31. The molecule has 0 saturated carbocycles. The van der Waals surface area contributed by atoms with E-state index in [1.807, 2.05) is 54.7 Å². The molecule has 0 aliphatic carbocycles. The summed E-state index contributed by atoms with van der Waals surface area (Å²) >= 11 is 0. The number of nitrogens with zero attached hydrogens (tertiary/aromatic N) is 4. The first-order valence-electron chi connectivity index (χ1n) is 11.6. The van der Waals surface area contributed by atoms with Crippen molar-refractivity contribution >= 4 is 22.3 Å². The van der Waals surface area contributed by atoms with E-state index >= 15 is 0 Å². The number of rotatable bonds is 7. The van der Waals surface area contributed by atoms with E-state index in [2.05, 4.69) is 38.2 Å². The molecule has 3 heterocycles. The van der Waals surface area contributed by atoms with E-state index < -0.39 is 0 Å². The molecule has 172 valence electrons. The average Bonchev–Trinajstić information content (AvgIpc) is 3.36. The van der Waals surface area contributed by atoms with Crippen LogP contribution >= 0.6 is 0 Å². The molecule has 0 spiro atoms. The number of nitrogens with one attached hydrogen (secondary N) is 2. The Morgan fingerprint density at radius 3 is 2.79 bits per heavy atom. The topological polar surface area (TPSA) is 80.2 Å². The van der Waals surface area contributed by atoms with Crippen LogP contribution < -0.4 is 10.1 Å². The van der Waals surface area contributed by atoms with Gasteiger partial charge in [-0.1, -0.05) is 18.2 Å².